The van der Waals surface area contributed by atoms with Crippen molar-refractivity contribution in [3.8, 4) is 0 Å². The maximum atomic E-state index is 9.17. The number of aliphatic hydroxyl groups is 1. The number of rotatable bonds is 5. The van der Waals surface area contributed by atoms with Crippen molar-refractivity contribution in [2.75, 3.05) is 19.7 Å². The minimum Gasteiger partial charge on any atom is -0.426 e. The van der Waals surface area contributed by atoms with Crippen LogP contribution in [0.15, 0.2) is 4.42 Å². The number of aliphatic hydroxyl groups excluding tert-OH is 1. The Kier molecular flexibility index (Phi) is 3.90. The fourth-order valence-corrected chi connectivity index (χ4v) is 2.27. The van der Waals surface area contributed by atoms with Crippen LogP contribution in [0, 0.1) is 6.92 Å². The summed E-state index contributed by atoms with van der Waals surface area (Å²) in [5.41, 5.74) is 0. The van der Waals surface area contributed by atoms with Crippen LogP contribution in [0.5, 0.6) is 0 Å². The standard InChI is InChI=1S/C11H19N3O2/c1-9-12-13-11(16-9)5-3-7-14-6-2-4-10(14)8-15/h10,15H,2-8H2,1H3. The lowest BCUT2D eigenvalue weighted by Crippen LogP contribution is -2.33. The van der Waals surface area contributed by atoms with E-state index in [0.717, 1.165) is 38.2 Å². The predicted molar refractivity (Wildman–Crippen MR) is 59.0 cm³/mol. The van der Waals surface area contributed by atoms with Crippen LogP contribution in [0.3, 0.4) is 0 Å². The van der Waals surface area contributed by atoms with Gasteiger partial charge in [-0.1, -0.05) is 0 Å². The molecule has 0 aromatic carbocycles. The summed E-state index contributed by atoms with van der Waals surface area (Å²) in [6.07, 6.45) is 4.16. The topological polar surface area (TPSA) is 62.4 Å². The van der Waals surface area contributed by atoms with Crippen molar-refractivity contribution in [3.63, 3.8) is 0 Å². The molecule has 1 atom stereocenters. The van der Waals surface area contributed by atoms with Crippen LogP contribution in [-0.2, 0) is 6.42 Å². The third kappa shape index (κ3) is 2.80. The molecule has 5 nitrogen and oxygen atoms in total. The van der Waals surface area contributed by atoms with Crippen molar-refractivity contribution in [1.82, 2.24) is 15.1 Å². The van der Waals surface area contributed by atoms with Crippen LogP contribution < -0.4 is 0 Å². The molecule has 0 radical (unpaired) electrons. The average molecular weight is 225 g/mol. The number of likely N-dealkylation sites (tertiary alicyclic amines) is 1. The highest BCUT2D eigenvalue weighted by molar-refractivity contribution is 4.82. The first-order valence-electron chi connectivity index (χ1n) is 5.93. The summed E-state index contributed by atoms with van der Waals surface area (Å²) in [5.74, 6) is 1.35. The molecule has 1 fully saturated rings. The summed E-state index contributed by atoms with van der Waals surface area (Å²) >= 11 is 0. The monoisotopic (exact) mass is 225 g/mol. The summed E-state index contributed by atoms with van der Waals surface area (Å²) in [4.78, 5) is 2.35. The molecule has 5 heteroatoms. The van der Waals surface area contributed by atoms with Gasteiger partial charge in [-0.2, -0.15) is 0 Å². The Morgan fingerprint density at radius 2 is 2.38 bits per heavy atom. The highest BCUT2D eigenvalue weighted by Crippen LogP contribution is 2.17. The van der Waals surface area contributed by atoms with Crippen molar-refractivity contribution in [3.05, 3.63) is 11.8 Å². The van der Waals surface area contributed by atoms with E-state index in [4.69, 9.17) is 4.42 Å². The van der Waals surface area contributed by atoms with Crippen molar-refractivity contribution < 1.29 is 9.52 Å². The maximum absolute atomic E-state index is 9.17. The summed E-state index contributed by atoms with van der Waals surface area (Å²) in [6, 6.07) is 0.365. The van der Waals surface area contributed by atoms with Crippen LogP contribution in [0.4, 0.5) is 0 Å². The summed E-state index contributed by atoms with van der Waals surface area (Å²) in [7, 11) is 0. The van der Waals surface area contributed by atoms with Crippen LogP contribution >= 0.6 is 0 Å². The Morgan fingerprint density at radius 1 is 1.50 bits per heavy atom. The van der Waals surface area contributed by atoms with E-state index in [9.17, 15) is 5.11 Å². The second-order valence-corrected chi connectivity index (χ2v) is 4.33. The summed E-state index contributed by atoms with van der Waals surface area (Å²) in [5, 5.41) is 16.9. The van der Waals surface area contributed by atoms with Crippen molar-refractivity contribution >= 4 is 0 Å². The fourth-order valence-electron chi connectivity index (χ4n) is 2.27. The second-order valence-electron chi connectivity index (χ2n) is 4.33. The van der Waals surface area contributed by atoms with Gasteiger partial charge in [0, 0.05) is 19.4 Å². The maximum Gasteiger partial charge on any atom is 0.216 e. The molecular weight excluding hydrogens is 206 g/mol. The van der Waals surface area contributed by atoms with Gasteiger partial charge in [-0.05, 0) is 32.4 Å². The molecule has 90 valence electrons. The molecule has 0 spiro atoms. The molecule has 0 amide bonds. The van der Waals surface area contributed by atoms with Gasteiger partial charge in [-0.15, -0.1) is 10.2 Å². The minimum atomic E-state index is 0.277. The van der Waals surface area contributed by atoms with Gasteiger partial charge in [-0.25, -0.2) is 0 Å². The summed E-state index contributed by atoms with van der Waals surface area (Å²) < 4.78 is 5.31. The molecular formula is C11H19N3O2. The number of aromatic nitrogens is 2. The van der Waals surface area contributed by atoms with E-state index in [0.29, 0.717) is 11.9 Å². The SMILES string of the molecule is Cc1nnc(CCCN2CCCC2CO)o1. The highest BCUT2D eigenvalue weighted by atomic mass is 16.4. The largest absolute Gasteiger partial charge is 0.426 e. The predicted octanol–water partition coefficient (Wildman–Crippen LogP) is 0.767. The average Bonchev–Trinajstić information content (AvgIpc) is 2.87. The van der Waals surface area contributed by atoms with Gasteiger partial charge < -0.3 is 9.52 Å². The van der Waals surface area contributed by atoms with Crippen molar-refractivity contribution in [1.29, 1.82) is 0 Å². The van der Waals surface area contributed by atoms with Gasteiger partial charge in [0.05, 0.1) is 6.61 Å². The van der Waals surface area contributed by atoms with Crippen LogP contribution in [0.1, 0.15) is 31.0 Å². The Balaban J connectivity index is 1.71. The van der Waals surface area contributed by atoms with Gasteiger partial charge in [0.1, 0.15) is 0 Å². The molecule has 0 aliphatic carbocycles. The molecule has 1 N–H and O–H groups in total. The van der Waals surface area contributed by atoms with Crippen LogP contribution in [-0.4, -0.2) is 45.9 Å². The second kappa shape index (κ2) is 5.41. The smallest absolute Gasteiger partial charge is 0.216 e. The molecule has 2 heterocycles. The Morgan fingerprint density at radius 3 is 3.06 bits per heavy atom. The third-order valence-corrected chi connectivity index (χ3v) is 3.11. The van der Waals surface area contributed by atoms with Gasteiger partial charge in [-0.3, -0.25) is 4.90 Å². The fraction of sp³-hybridized carbons (Fsp3) is 0.818. The first-order valence-corrected chi connectivity index (χ1v) is 5.93. The summed E-state index contributed by atoms with van der Waals surface area (Å²) in [6.45, 7) is 4.19. The van der Waals surface area contributed by atoms with Crippen molar-refractivity contribution in [2.24, 2.45) is 0 Å². The molecule has 1 aromatic heterocycles. The van der Waals surface area contributed by atoms with Crippen LogP contribution in [0.2, 0.25) is 0 Å². The van der Waals surface area contributed by atoms with Gasteiger partial charge in [0.2, 0.25) is 11.8 Å². The zero-order valence-electron chi connectivity index (χ0n) is 9.72. The van der Waals surface area contributed by atoms with E-state index in [2.05, 4.69) is 15.1 Å². The van der Waals surface area contributed by atoms with Gasteiger partial charge in [0.25, 0.3) is 0 Å². The number of hydrogen-bond donors (Lipinski definition) is 1. The zero-order valence-corrected chi connectivity index (χ0v) is 9.72. The Labute approximate surface area is 95.5 Å². The number of nitrogens with zero attached hydrogens (tertiary/aromatic N) is 3. The van der Waals surface area contributed by atoms with E-state index in [1.807, 2.05) is 0 Å². The lowest BCUT2D eigenvalue weighted by atomic mass is 10.2. The number of aryl methyl sites for hydroxylation is 2. The molecule has 16 heavy (non-hydrogen) atoms. The van der Waals surface area contributed by atoms with Gasteiger partial charge >= 0.3 is 0 Å². The Bertz CT molecular complexity index is 327. The van der Waals surface area contributed by atoms with Crippen molar-refractivity contribution in [2.45, 2.75) is 38.6 Å². The molecule has 1 aromatic rings. The molecule has 0 saturated carbocycles. The lowest BCUT2D eigenvalue weighted by molar-refractivity contribution is 0.157. The Hall–Kier alpha value is -0.940. The lowest BCUT2D eigenvalue weighted by Gasteiger charge is -2.21. The van der Waals surface area contributed by atoms with E-state index in [1.165, 1.54) is 6.42 Å². The quantitative estimate of drug-likeness (QED) is 0.802. The molecule has 1 aliphatic heterocycles. The first-order chi connectivity index (χ1) is 7.79. The molecule has 2 rings (SSSR count). The van der Waals surface area contributed by atoms with E-state index < -0.39 is 0 Å². The van der Waals surface area contributed by atoms with E-state index >= 15 is 0 Å². The minimum absolute atomic E-state index is 0.277. The van der Waals surface area contributed by atoms with E-state index in [1.54, 1.807) is 6.92 Å². The molecule has 1 unspecified atom stereocenters. The van der Waals surface area contributed by atoms with Gasteiger partial charge in [0.15, 0.2) is 0 Å². The zero-order chi connectivity index (χ0) is 11.4. The third-order valence-electron chi connectivity index (χ3n) is 3.11. The first kappa shape index (κ1) is 11.5. The number of hydrogen-bond acceptors (Lipinski definition) is 5. The van der Waals surface area contributed by atoms with E-state index in [-0.39, 0.29) is 6.61 Å². The van der Waals surface area contributed by atoms with Crippen LogP contribution in [0.25, 0.3) is 0 Å². The molecule has 0 bridgehead atoms. The molecule has 1 aliphatic rings. The molecule has 1 saturated heterocycles. The normalized spacial score (nSPS) is 21.8. The highest BCUT2D eigenvalue weighted by Gasteiger charge is 2.22.